The van der Waals surface area contributed by atoms with E-state index in [2.05, 4.69) is 20.1 Å². The first-order valence-corrected chi connectivity index (χ1v) is 18.2. The van der Waals surface area contributed by atoms with Crippen LogP contribution in [0.25, 0.3) is 11.1 Å². The second-order valence-corrected chi connectivity index (χ2v) is 14.0. The van der Waals surface area contributed by atoms with Crippen molar-refractivity contribution in [3.63, 3.8) is 0 Å². The van der Waals surface area contributed by atoms with Crippen LogP contribution in [0.5, 0.6) is 0 Å². The van der Waals surface area contributed by atoms with Crippen LogP contribution in [0.4, 0.5) is 9.59 Å². The maximum atomic E-state index is 13.2. The molecule has 294 valence electrons. The Morgan fingerprint density at radius 3 is 1.76 bits per heavy atom. The van der Waals surface area contributed by atoms with E-state index in [0.29, 0.717) is 56.2 Å². The molecule has 3 fully saturated rings. The summed E-state index contributed by atoms with van der Waals surface area (Å²) in [7, 11) is 2.40. The highest BCUT2D eigenvalue weighted by atomic mass is 16.6. The number of alkyl carbamates (subject to hydrolysis) is 2. The van der Waals surface area contributed by atoms with Gasteiger partial charge in [0.05, 0.1) is 14.2 Å². The molecule has 5 rings (SSSR count). The summed E-state index contributed by atoms with van der Waals surface area (Å²) in [6, 6.07) is 9.70. The van der Waals surface area contributed by atoms with E-state index in [9.17, 15) is 38.4 Å². The molecule has 0 spiro atoms. The third-order valence-electron chi connectivity index (χ3n) is 10.2. The zero-order valence-corrected chi connectivity index (χ0v) is 31.2. The summed E-state index contributed by atoms with van der Waals surface area (Å²) >= 11 is 0. The second kappa shape index (κ2) is 18.0. The van der Waals surface area contributed by atoms with Crippen LogP contribution in [0.3, 0.4) is 0 Å². The zero-order chi connectivity index (χ0) is 39.8. The number of amides is 4. The monoisotopic (exact) mass is 762 g/mol. The molecular formula is C39H46N4O12. The predicted molar refractivity (Wildman–Crippen MR) is 194 cm³/mol. The molecule has 4 amide bonds. The van der Waals surface area contributed by atoms with Crippen molar-refractivity contribution in [1.29, 1.82) is 0 Å². The molecule has 0 aromatic heterocycles. The van der Waals surface area contributed by atoms with Gasteiger partial charge in [-0.05, 0) is 55.6 Å². The number of ether oxygens (including phenoxy) is 4. The highest BCUT2D eigenvalue weighted by Crippen LogP contribution is 2.33. The first kappa shape index (κ1) is 40.4. The van der Waals surface area contributed by atoms with Gasteiger partial charge in [0.15, 0.2) is 24.8 Å². The number of benzene rings is 2. The number of ketones is 2. The number of carbonyl (C=O) groups excluding carboxylic acids is 8. The molecule has 0 bridgehead atoms. The van der Waals surface area contributed by atoms with E-state index in [1.165, 1.54) is 24.0 Å². The van der Waals surface area contributed by atoms with Gasteiger partial charge in [0.25, 0.3) is 0 Å². The molecule has 16 heteroatoms. The average molecular weight is 763 g/mol. The Kier molecular flexibility index (Phi) is 13.2. The van der Waals surface area contributed by atoms with E-state index in [1.54, 1.807) is 62.4 Å². The number of Topliss-reactive ketones (excluding diaryl/α,β-unsaturated/α-hetero) is 2. The summed E-state index contributed by atoms with van der Waals surface area (Å²) in [5.74, 6) is -3.31. The van der Waals surface area contributed by atoms with Gasteiger partial charge in [-0.1, -0.05) is 62.4 Å². The highest BCUT2D eigenvalue weighted by molar-refractivity contribution is 6.00. The molecular weight excluding hydrogens is 716 g/mol. The van der Waals surface area contributed by atoms with Crippen LogP contribution in [0.15, 0.2) is 48.5 Å². The Morgan fingerprint density at radius 1 is 0.709 bits per heavy atom. The van der Waals surface area contributed by atoms with E-state index in [1.807, 2.05) is 0 Å². The number of fused-ring (bicyclic) bond motifs is 1. The fourth-order valence-electron chi connectivity index (χ4n) is 7.21. The molecule has 2 aromatic rings. The fraction of sp³-hybridized carbons (Fsp3) is 0.487. The molecule has 2 aromatic carbocycles. The minimum absolute atomic E-state index is 0.136. The van der Waals surface area contributed by atoms with Gasteiger partial charge in [-0.2, -0.15) is 0 Å². The van der Waals surface area contributed by atoms with E-state index in [0.717, 1.165) is 11.1 Å². The van der Waals surface area contributed by atoms with Gasteiger partial charge < -0.3 is 39.4 Å². The summed E-state index contributed by atoms with van der Waals surface area (Å²) in [5.41, 5.74) is 2.12. The largest absolute Gasteiger partial charge is 0.456 e. The first-order chi connectivity index (χ1) is 26.3. The average Bonchev–Trinajstić information content (AvgIpc) is 3.87. The van der Waals surface area contributed by atoms with Gasteiger partial charge >= 0.3 is 24.1 Å². The van der Waals surface area contributed by atoms with Gasteiger partial charge in [-0.15, -0.1) is 0 Å². The normalized spacial score (nSPS) is 20.9. The highest BCUT2D eigenvalue weighted by Gasteiger charge is 2.47. The number of likely N-dealkylation sites (tertiary alicyclic amines) is 1. The van der Waals surface area contributed by atoms with Crippen LogP contribution < -0.4 is 10.6 Å². The summed E-state index contributed by atoms with van der Waals surface area (Å²) in [6.07, 6.45) is 1.53. The molecule has 2 N–H and O–H groups in total. The number of carbonyl (C=O) groups is 8. The zero-order valence-electron chi connectivity index (χ0n) is 31.2. The third-order valence-corrected chi connectivity index (χ3v) is 10.2. The lowest BCUT2D eigenvalue weighted by Crippen LogP contribution is -2.57. The molecule has 3 heterocycles. The summed E-state index contributed by atoms with van der Waals surface area (Å²) < 4.78 is 19.9. The SMILES string of the molecule is COC(=O)N[C@H]1CC[C@H]2CC[C@@H](C(=O)OCC(=O)c3ccc(-c4ccc(C(=O)COC(=O)[C@@H]5CCCN5C(=O)[C@@H](NC(=O)OC)C(C)C)cc4)cc3)N2C1=O. The van der Waals surface area contributed by atoms with Gasteiger partial charge in [0.1, 0.15) is 24.2 Å². The smallest absolute Gasteiger partial charge is 0.407 e. The van der Waals surface area contributed by atoms with Crippen LogP contribution in [0.1, 0.15) is 73.1 Å². The maximum Gasteiger partial charge on any atom is 0.407 e. The van der Waals surface area contributed by atoms with Crippen molar-refractivity contribution in [1.82, 2.24) is 20.4 Å². The Balaban J connectivity index is 1.10. The molecule has 55 heavy (non-hydrogen) atoms. The van der Waals surface area contributed by atoms with Crippen molar-refractivity contribution in [2.45, 2.75) is 82.6 Å². The maximum absolute atomic E-state index is 13.2. The van der Waals surface area contributed by atoms with Crippen LogP contribution in [0.2, 0.25) is 0 Å². The molecule has 0 radical (unpaired) electrons. The second-order valence-electron chi connectivity index (χ2n) is 14.0. The molecule has 0 saturated carbocycles. The van der Waals surface area contributed by atoms with Crippen molar-refractivity contribution in [2.24, 2.45) is 5.92 Å². The third kappa shape index (κ3) is 9.48. The predicted octanol–water partition coefficient (Wildman–Crippen LogP) is 3.06. The molecule has 0 unspecified atom stereocenters. The number of nitrogens with zero attached hydrogens (tertiary/aromatic N) is 2. The van der Waals surface area contributed by atoms with E-state index >= 15 is 0 Å². The lowest BCUT2D eigenvalue weighted by molar-refractivity contribution is -0.155. The van der Waals surface area contributed by atoms with Crippen molar-refractivity contribution in [3.05, 3.63) is 59.7 Å². The van der Waals surface area contributed by atoms with Crippen LogP contribution in [-0.2, 0) is 38.1 Å². The van der Waals surface area contributed by atoms with Crippen molar-refractivity contribution < 1.29 is 57.3 Å². The quantitative estimate of drug-likeness (QED) is 0.172. The topological polar surface area (TPSA) is 204 Å². The van der Waals surface area contributed by atoms with Gasteiger partial charge in [0, 0.05) is 23.7 Å². The van der Waals surface area contributed by atoms with Crippen LogP contribution in [0, 0.1) is 5.92 Å². The van der Waals surface area contributed by atoms with Crippen molar-refractivity contribution in [2.75, 3.05) is 34.0 Å². The first-order valence-electron chi connectivity index (χ1n) is 18.2. The van der Waals surface area contributed by atoms with Gasteiger partial charge in [0.2, 0.25) is 11.8 Å². The Bertz CT molecular complexity index is 1790. The number of esters is 2. The van der Waals surface area contributed by atoms with E-state index in [4.69, 9.17) is 9.47 Å². The van der Waals surface area contributed by atoms with Crippen LogP contribution in [-0.4, -0.2) is 121 Å². The number of nitrogens with one attached hydrogen (secondary N) is 2. The van der Waals surface area contributed by atoms with Gasteiger partial charge in [-0.25, -0.2) is 19.2 Å². The van der Waals surface area contributed by atoms with E-state index < -0.39 is 79.0 Å². The van der Waals surface area contributed by atoms with Gasteiger partial charge in [-0.3, -0.25) is 19.2 Å². The number of methoxy groups -OCH3 is 2. The van der Waals surface area contributed by atoms with Crippen molar-refractivity contribution in [3.8, 4) is 11.1 Å². The standard InChI is InChI=1S/C39H46N4O12/c1-22(2)33(41-39(51)53-4)35(47)42-19-5-6-29(42)36(48)54-20-31(44)25-11-7-23(8-12-25)24-9-13-26(14-10-24)32(45)21-55-37(49)30-18-16-27-15-17-28(34(46)43(27)30)40-38(50)52-3/h7-14,22,27-30,33H,5-6,15-21H2,1-4H3,(H,40,50)(H,41,51)/t27-,28-,29-,30-,33-/m0/s1. The molecule has 3 saturated heterocycles. The molecule has 5 atom stereocenters. The minimum Gasteiger partial charge on any atom is -0.456 e. The number of rotatable bonds is 13. The molecule has 3 aliphatic rings. The Hall–Kier alpha value is -5.80. The lowest BCUT2D eigenvalue weighted by Gasteiger charge is -2.37. The molecule has 16 nitrogen and oxygen atoms in total. The number of piperidine rings is 1. The summed E-state index contributed by atoms with van der Waals surface area (Å²) in [4.78, 5) is 104. The number of hydrogen-bond donors (Lipinski definition) is 2. The fourth-order valence-corrected chi connectivity index (χ4v) is 7.21. The Labute approximate surface area is 318 Å². The van der Waals surface area contributed by atoms with E-state index in [-0.39, 0.29) is 17.9 Å². The van der Waals surface area contributed by atoms with Crippen molar-refractivity contribution >= 4 is 47.5 Å². The number of hydrogen-bond acceptors (Lipinski definition) is 12. The summed E-state index contributed by atoms with van der Waals surface area (Å²) in [6.45, 7) is 2.82. The lowest BCUT2D eigenvalue weighted by atomic mass is 9.98. The minimum atomic E-state index is -0.893. The molecule has 3 aliphatic heterocycles. The molecule has 0 aliphatic carbocycles. The van der Waals surface area contributed by atoms with Crippen LogP contribution >= 0.6 is 0 Å². The Morgan fingerprint density at radius 2 is 1.24 bits per heavy atom. The summed E-state index contributed by atoms with van der Waals surface area (Å²) in [5, 5.41) is 5.03.